The van der Waals surface area contributed by atoms with Crippen LogP contribution in [0.5, 0.6) is 5.75 Å². The summed E-state index contributed by atoms with van der Waals surface area (Å²) in [6, 6.07) is 5.85. The Hall–Kier alpha value is -2.99. The van der Waals surface area contributed by atoms with E-state index in [1.165, 1.54) is 19.2 Å². The summed E-state index contributed by atoms with van der Waals surface area (Å²) >= 11 is 0. The zero-order chi connectivity index (χ0) is 23.4. The minimum atomic E-state index is -5.07. The number of carbonyl (C=O) groups excluding carboxylic acids is 1. The maximum absolute atomic E-state index is 13.1. The summed E-state index contributed by atoms with van der Waals surface area (Å²) in [7, 11) is 1.38. The van der Waals surface area contributed by atoms with Crippen molar-refractivity contribution in [3.63, 3.8) is 0 Å². The van der Waals surface area contributed by atoms with Crippen molar-refractivity contribution in [3.8, 4) is 5.75 Å². The van der Waals surface area contributed by atoms with Crippen molar-refractivity contribution in [3.05, 3.63) is 59.2 Å². The van der Waals surface area contributed by atoms with Crippen LogP contribution in [0.1, 0.15) is 22.7 Å². The summed E-state index contributed by atoms with van der Waals surface area (Å²) < 4.78 is 83.5. The van der Waals surface area contributed by atoms with E-state index in [-0.39, 0.29) is 11.1 Å². The first kappa shape index (κ1) is 24.3. The Kier molecular flexibility index (Phi) is 7.39. The molecule has 4 N–H and O–H groups in total. The summed E-state index contributed by atoms with van der Waals surface area (Å²) in [5.41, 5.74) is 1.73. The van der Waals surface area contributed by atoms with Gasteiger partial charge in [0.15, 0.2) is 0 Å². The third-order valence-corrected chi connectivity index (χ3v) is 4.24. The minimum Gasteiger partial charge on any atom is -0.497 e. The zero-order valence-corrected chi connectivity index (χ0v) is 16.1. The SMILES string of the molecule is COc1cccc(C(CN(O)c2cc(C(F)(F)F)cc(C(F)(F)F)c2)NC(=O)CN)c1. The lowest BCUT2D eigenvalue weighted by molar-refractivity contribution is -0.143. The number of benzene rings is 2. The molecule has 1 amide bonds. The van der Waals surface area contributed by atoms with Gasteiger partial charge >= 0.3 is 12.4 Å². The van der Waals surface area contributed by atoms with Crippen molar-refractivity contribution in [1.82, 2.24) is 5.32 Å². The van der Waals surface area contributed by atoms with Gasteiger partial charge in [0.05, 0.1) is 43.1 Å². The quantitative estimate of drug-likeness (QED) is 0.441. The van der Waals surface area contributed by atoms with Crippen LogP contribution in [0.25, 0.3) is 0 Å². The first-order valence-electron chi connectivity index (χ1n) is 8.74. The Morgan fingerprint density at radius 1 is 1.10 bits per heavy atom. The number of hydroxylamine groups is 1. The molecule has 12 heteroatoms. The third kappa shape index (κ3) is 6.49. The smallest absolute Gasteiger partial charge is 0.416 e. The van der Waals surface area contributed by atoms with Crippen molar-refractivity contribution >= 4 is 11.6 Å². The van der Waals surface area contributed by atoms with Crippen molar-refractivity contribution in [2.24, 2.45) is 5.73 Å². The van der Waals surface area contributed by atoms with E-state index in [1.54, 1.807) is 12.1 Å². The molecular formula is C19H19F6N3O3. The van der Waals surface area contributed by atoms with Gasteiger partial charge in [0, 0.05) is 0 Å². The first-order valence-corrected chi connectivity index (χ1v) is 8.74. The molecule has 1 atom stereocenters. The highest BCUT2D eigenvalue weighted by Crippen LogP contribution is 2.38. The van der Waals surface area contributed by atoms with Crippen LogP contribution in [-0.4, -0.2) is 31.3 Å². The lowest BCUT2D eigenvalue weighted by atomic mass is 10.0. The summed E-state index contributed by atoms with van der Waals surface area (Å²) in [5.74, 6) is -0.270. The van der Waals surface area contributed by atoms with Gasteiger partial charge in [-0.2, -0.15) is 26.3 Å². The van der Waals surface area contributed by atoms with Gasteiger partial charge in [-0.05, 0) is 35.9 Å². The lowest BCUT2D eigenvalue weighted by Gasteiger charge is -2.26. The molecule has 170 valence electrons. The molecule has 0 heterocycles. The van der Waals surface area contributed by atoms with Gasteiger partial charge < -0.3 is 15.8 Å². The molecule has 0 saturated heterocycles. The molecule has 0 saturated carbocycles. The van der Waals surface area contributed by atoms with Gasteiger partial charge in [0.2, 0.25) is 5.91 Å². The molecule has 0 aliphatic rings. The van der Waals surface area contributed by atoms with Crippen LogP contribution in [0.2, 0.25) is 0 Å². The largest absolute Gasteiger partial charge is 0.497 e. The first-order chi connectivity index (χ1) is 14.3. The van der Waals surface area contributed by atoms with Crippen molar-refractivity contribution in [1.29, 1.82) is 0 Å². The van der Waals surface area contributed by atoms with Gasteiger partial charge in [-0.25, -0.2) is 0 Å². The molecule has 0 bridgehead atoms. The average Bonchev–Trinajstić information content (AvgIpc) is 2.71. The topological polar surface area (TPSA) is 87.8 Å². The van der Waals surface area contributed by atoms with Gasteiger partial charge in [0.25, 0.3) is 0 Å². The molecule has 0 spiro atoms. The molecule has 0 aliphatic carbocycles. The predicted octanol–water partition coefficient (Wildman–Crippen LogP) is 3.74. The van der Waals surface area contributed by atoms with Gasteiger partial charge in [-0.1, -0.05) is 12.1 Å². The molecule has 31 heavy (non-hydrogen) atoms. The summed E-state index contributed by atoms with van der Waals surface area (Å²) in [4.78, 5) is 11.8. The number of hydrogen-bond donors (Lipinski definition) is 3. The molecule has 0 fully saturated rings. The van der Waals surface area contributed by atoms with E-state index in [1.807, 2.05) is 0 Å². The van der Waals surface area contributed by atoms with E-state index >= 15 is 0 Å². The molecule has 2 aromatic rings. The van der Waals surface area contributed by atoms with Crippen LogP contribution in [0, 0.1) is 0 Å². The van der Waals surface area contributed by atoms with Crippen LogP contribution >= 0.6 is 0 Å². The molecule has 6 nitrogen and oxygen atoms in total. The van der Waals surface area contributed by atoms with Crippen LogP contribution in [0.4, 0.5) is 32.0 Å². The Balaban J connectivity index is 2.44. The fourth-order valence-electron chi connectivity index (χ4n) is 2.71. The number of hydrogen-bond acceptors (Lipinski definition) is 5. The second kappa shape index (κ2) is 9.43. The number of amides is 1. The molecule has 2 aromatic carbocycles. The number of nitrogens with zero attached hydrogens (tertiary/aromatic N) is 1. The van der Waals surface area contributed by atoms with E-state index in [0.717, 1.165) is 0 Å². The standard InChI is InChI=1S/C19H19F6N3O3/c1-31-15-4-2-3-11(5-15)16(27-17(29)9-26)10-28(30)14-7-12(18(20,21)22)6-13(8-14)19(23,24)25/h2-8,16,30H,9-10,26H2,1H3,(H,27,29). The molecule has 2 rings (SSSR count). The maximum atomic E-state index is 13.1. The van der Waals surface area contributed by atoms with E-state index < -0.39 is 54.2 Å². The fraction of sp³-hybridized carbons (Fsp3) is 0.316. The van der Waals surface area contributed by atoms with Crippen molar-refractivity contribution < 1.29 is 41.1 Å². The molecule has 1 unspecified atom stereocenters. The highest BCUT2D eigenvalue weighted by molar-refractivity contribution is 5.78. The molecule has 0 radical (unpaired) electrons. The number of nitrogens with one attached hydrogen (secondary N) is 1. The number of alkyl halides is 6. The second-order valence-corrected chi connectivity index (χ2v) is 6.45. The third-order valence-electron chi connectivity index (χ3n) is 4.24. The fourth-order valence-corrected chi connectivity index (χ4v) is 2.71. The van der Waals surface area contributed by atoms with Gasteiger partial charge in [-0.15, -0.1) is 0 Å². The van der Waals surface area contributed by atoms with E-state index in [2.05, 4.69) is 5.32 Å². The van der Waals surface area contributed by atoms with Gasteiger partial charge in [-0.3, -0.25) is 15.1 Å². The Labute approximate surface area is 173 Å². The number of methoxy groups -OCH3 is 1. The Morgan fingerprint density at radius 3 is 2.16 bits per heavy atom. The zero-order valence-electron chi connectivity index (χ0n) is 16.1. The minimum absolute atomic E-state index is 0.0485. The van der Waals surface area contributed by atoms with Crippen LogP contribution < -0.4 is 20.9 Å². The monoisotopic (exact) mass is 451 g/mol. The number of nitrogens with two attached hydrogens (primary N) is 1. The molecule has 0 aromatic heterocycles. The summed E-state index contributed by atoms with van der Waals surface area (Å²) in [6.45, 7) is -0.995. The normalized spacial score (nSPS) is 12.9. The van der Waals surface area contributed by atoms with E-state index in [0.29, 0.717) is 23.4 Å². The van der Waals surface area contributed by atoms with Crippen LogP contribution in [0.15, 0.2) is 42.5 Å². The molecular weight excluding hydrogens is 432 g/mol. The number of anilines is 1. The van der Waals surface area contributed by atoms with Crippen molar-refractivity contribution in [2.75, 3.05) is 25.3 Å². The van der Waals surface area contributed by atoms with Gasteiger partial charge in [0.1, 0.15) is 5.75 Å². The predicted molar refractivity (Wildman–Crippen MR) is 98.5 cm³/mol. The Morgan fingerprint density at radius 2 is 1.68 bits per heavy atom. The number of ether oxygens (including phenoxy) is 1. The lowest BCUT2D eigenvalue weighted by Crippen LogP contribution is -2.39. The highest BCUT2D eigenvalue weighted by Gasteiger charge is 2.37. The number of carbonyl (C=O) groups is 1. The maximum Gasteiger partial charge on any atom is 0.416 e. The van der Waals surface area contributed by atoms with E-state index in [4.69, 9.17) is 10.5 Å². The second-order valence-electron chi connectivity index (χ2n) is 6.45. The number of halogens is 6. The molecule has 0 aliphatic heterocycles. The van der Waals surface area contributed by atoms with E-state index in [9.17, 15) is 36.3 Å². The average molecular weight is 451 g/mol. The Bertz CT molecular complexity index is 885. The van der Waals surface area contributed by atoms with Crippen LogP contribution in [-0.2, 0) is 17.1 Å². The van der Waals surface area contributed by atoms with Crippen LogP contribution in [0.3, 0.4) is 0 Å². The summed E-state index contributed by atoms with van der Waals surface area (Å²) in [5, 5.41) is 13.0. The number of rotatable bonds is 7. The van der Waals surface area contributed by atoms with Crippen molar-refractivity contribution in [2.45, 2.75) is 18.4 Å². The summed E-state index contributed by atoms with van der Waals surface area (Å²) in [6.07, 6.45) is -10.1. The highest BCUT2D eigenvalue weighted by atomic mass is 19.4.